The highest BCUT2D eigenvalue weighted by atomic mass is 16.6. The molecule has 0 saturated carbocycles. The maximum Gasteiger partial charge on any atom is 0.410 e. The predicted molar refractivity (Wildman–Crippen MR) is 169 cm³/mol. The molecule has 2 N–H and O–H groups in total. The number of ether oxygens (including phenoxy) is 2. The number of carbonyl (C=O) groups excluding carboxylic acids is 3. The number of benzene rings is 1. The molecule has 10 heteroatoms. The molecule has 0 spiro atoms. The van der Waals surface area contributed by atoms with Gasteiger partial charge in [0.1, 0.15) is 23.1 Å². The van der Waals surface area contributed by atoms with Gasteiger partial charge >= 0.3 is 12.2 Å². The summed E-state index contributed by atoms with van der Waals surface area (Å²) in [5.41, 5.74) is 3.24. The predicted octanol–water partition coefficient (Wildman–Crippen LogP) is 6.60. The molecular formula is C34H47N5O5. The molecule has 3 atom stereocenters. The highest BCUT2D eigenvalue weighted by molar-refractivity contribution is 5.86. The molecule has 238 valence electrons. The van der Waals surface area contributed by atoms with Crippen LogP contribution in [0.5, 0.6) is 0 Å². The Balaban J connectivity index is 1.16. The van der Waals surface area contributed by atoms with Crippen molar-refractivity contribution in [3.05, 3.63) is 47.9 Å². The van der Waals surface area contributed by atoms with Gasteiger partial charge in [-0.3, -0.25) is 14.6 Å². The Kier molecular flexibility index (Phi) is 9.09. The highest BCUT2D eigenvalue weighted by Crippen LogP contribution is 2.34. The Morgan fingerprint density at radius 3 is 2.11 bits per heavy atom. The van der Waals surface area contributed by atoms with Gasteiger partial charge in [0.05, 0.1) is 17.9 Å². The summed E-state index contributed by atoms with van der Waals surface area (Å²) in [6.45, 7) is 12.3. The van der Waals surface area contributed by atoms with Crippen LogP contribution >= 0.6 is 0 Å². The van der Waals surface area contributed by atoms with E-state index in [1.54, 1.807) is 9.80 Å². The molecule has 3 amide bonds. The molecule has 2 aromatic rings. The van der Waals surface area contributed by atoms with Gasteiger partial charge in [0.2, 0.25) is 5.91 Å². The van der Waals surface area contributed by atoms with Crippen LogP contribution in [0.3, 0.4) is 0 Å². The topological polar surface area (TPSA) is 117 Å². The molecule has 1 aliphatic carbocycles. The lowest BCUT2D eigenvalue weighted by Gasteiger charge is -2.30. The van der Waals surface area contributed by atoms with E-state index >= 15 is 0 Å². The summed E-state index contributed by atoms with van der Waals surface area (Å²) >= 11 is 0. The molecule has 0 radical (unpaired) electrons. The summed E-state index contributed by atoms with van der Waals surface area (Å²) in [5, 5.41) is 3.18. The molecule has 2 saturated heterocycles. The number of amides is 3. The Bertz CT molecular complexity index is 1380. The molecule has 1 aromatic carbocycles. The van der Waals surface area contributed by atoms with E-state index in [0.717, 1.165) is 61.2 Å². The summed E-state index contributed by atoms with van der Waals surface area (Å²) in [6, 6.07) is 7.89. The first kappa shape index (κ1) is 31.6. The third-order valence-corrected chi connectivity index (χ3v) is 8.30. The first-order valence-electron chi connectivity index (χ1n) is 15.9. The minimum absolute atomic E-state index is 0.0471. The average Bonchev–Trinajstić information content (AvgIpc) is 3.72. The summed E-state index contributed by atoms with van der Waals surface area (Å²) in [5.74, 6) is 0.688. The van der Waals surface area contributed by atoms with Gasteiger partial charge in [-0.1, -0.05) is 30.3 Å². The lowest BCUT2D eigenvalue weighted by atomic mass is 9.90. The first-order valence-corrected chi connectivity index (χ1v) is 15.9. The number of nitrogens with one attached hydrogen (secondary N) is 2. The number of aromatic amines is 1. The third-order valence-electron chi connectivity index (χ3n) is 8.30. The van der Waals surface area contributed by atoms with Crippen LogP contribution in [0.2, 0.25) is 0 Å². The number of imidazole rings is 1. The fourth-order valence-corrected chi connectivity index (χ4v) is 6.21. The Morgan fingerprint density at radius 1 is 0.864 bits per heavy atom. The van der Waals surface area contributed by atoms with Gasteiger partial charge in [-0.25, -0.2) is 14.6 Å². The molecule has 5 rings (SSSR count). The monoisotopic (exact) mass is 605 g/mol. The van der Waals surface area contributed by atoms with Crippen molar-refractivity contribution in [2.45, 2.75) is 116 Å². The minimum Gasteiger partial charge on any atom is -0.444 e. The molecule has 2 unspecified atom stereocenters. The van der Waals surface area contributed by atoms with E-state index in [4.69, 9.17) is 9.47 Å². The van der Waals surface area contributed by atoms with E-state index in [1.807, 2.05) is 47.7 Å². The van der Waals surface area contributed by atoms with Crippen molar-refractivity contribution >= 4 is 23.7 Å². The van der Waals surface area contributed by atoms with Crippen LogP contribution in [0, 0.1) is 0 Å². The largest absolute Gasteiger partial charge is 0.444 e. The van der Waals surface area contributed by atoms with Crippen molar-refractivity contribution in [1.82, 2.24) is 25.1 Å². The smallest absolute Gasteiger partial charge is 0.410 e. The van der Waals surface area contributed by atoms with Crippen LogP contribution < -0.4 is 5.32 Å². The van der Waals surface area contributed by atoms with E-state index in [1.165, 1.54) is 5.57 Å². The number of nitrogens with zero attached hydrogens (tertiary/aromatic N) is 3. The molecule has 3 heterocycles. The SMILES string of the molecule is CC(C)(C)OC(=O)N1CCCC1c1ncc(-c2ccc(C3=CCC(NC(=O)[C@@H]4CCCN4C(=O)OC(C)(C)C)CC3)cc2)[nH]1. The number of carbonyl (C=O) groups is 3. The van der Waals surface area contributed by atoms with Crippen molar-refractivity contribution < 1.29 is 23.9 Å². The molecule has 1 aromatic heterocycles. The second-order valence-electron chi connectivity index (χ2n) is 14.1. The molecule has 44 heavy (non-hydrogen) atoms. The fourth-order valence-electron chi connectivity index (χ4n) is 6.21. The molecule has 2 aliphatic heterocycles. The van der Waals surface area contributed by atoms with Crippen molar-refractivity contribution in [3.8, 4) is 11.3 Å². The summed E-state index contributed by atoms with van der Waals surface area (Å²) < 4.78 is 11.1. The molecule has 10 nitrogen and oxygen atoms in total. The standard InChI is InChI=1S/C34H47N5O5/c1-33(2,3)43-31(41)38-19-7-9-27(38)29-35-21-26(37-29)24-13-11-22(12-14-24)23-15-17-25(18-16-23)36-30(40)28-10-8-20-39(28)32(42)44-34(4,5)6/h11-15,21,25,27-28H,7-10,16-20H2,1-6H3,(H,35,37)(H,36,40)/t25?,27?,28-/m0/s1. The van der Waals surface area contributed by atoms with Crippen LogP contribution in [0.25, 0.3) is 16.8 Å². The highest BCUT2D eigenvalue weighted by Gasteiger charge is 2.38. The number of hydrogen-bond acceptors (Lipinski definition) is 6. The van der Waals surface area contributed by atoms with E-state index < -0.39 is 23.3 Å². The molecular weight excluding hydrogens is 558 g/mol. The first-order chi connectivity index (χ1) is 20.8. The van der Waals surface area contributed by atoms with Crippen LogP contribution in [-0.2, 0) is 14.3 Å². The lowest BCUT2D eigenvalue weighted by Crippen LogP contribution is -2.50. The van der Waals surface area contributed by atoms with E-state index in [-0.39, 0.29) is 24.1 Å². The quantitative estimate of drug-likeness (QED) is 0.397. The van der Waals surface area contributed by atoms with E-state index in [2.05, 4.69) is 45.6 Å². The zero-order valence-corrected chi connectivity index (χ0v) is 26.9. The van der Waals surface area contributed by atoms with Gasteiger partial charge in [0, 0.05) is 19.1 Å². The number of H-pyrrole nitrogens is 1. The molecule has 2 fully saturated rings. The summed E-state index contributed by atoms with van der Waals surface area (Å²) in [6.07, 6.45) is 9.01. The number of hydrogen-bond donors (Lipinski definition) is 2. The number of rotatable bonds is 5. The van der Waals surface area contributed by atoms with Gasteiger partial charge in [-0.2, -0.15) is 0 Å². The van der Waals surface area contributed by atoms with Crippen LogP contribution in [-0.4, -0.2) is 74.2 Å². The molecule has 0 bridgehead atoms. The van der Waals surface area contributed by atoms with Crippen molar-refractivity contribution in [2.75, 3.05) is 13.1 Å². The minimum atomic E-state index is -0.592. The fraction of sp³-hybridized carbons (Fsp3) is 0.588. The van der Waals surface area contributed by atoms with E-state index in [0.29, 0.717) is 19.5 Å². The zero-order chi connectivity index (χ0) is 31.6. The van der Waals surface area contributed by atoms with Crippen molar-refractivity contribution in [3.63, 3.8) is 0 Å². The van der Waals surface area contributed by atoms with Gasteiger partial charge in [0.25, 0.3) is 0 Å². The van der Waals surface area contributed by atoms with Crippen LogP contribution in [0.4, 0.5) is 9.59 Å². The average molecular weight is 606 g/mol. The Morgan fingerprint density at radius 2 is 1.48 bits per heavy atom. The van der Waals surface area contributed by atoms with E-state index in [9.17, 15) is 14.4 Å². The number of likely N-dealkylation sites (tertiary alicyclic amines) is 2. The number of aromatic nitrogens is 2. The normalized spacial score (nSPS) is 22.5. The zero-order valence-electron chi connectivity index (χ0n) is 26.9. The van der Waals surface area contributed by atoms with Crippen molar-refractivity contribution in [2.24, 2.45) is 0 Å². The second kappa shape index (κ2) is 12.7. The maximum atomic E-state index is 13.1. The van der Waals surface area contributed by atoms with Gasteiger partial charge < -0.3 is 19.8 Å². The molecule has 3 aliphatic rings. The lowest BCUT2D eigenvalue weighted by molar-refractivity contribution is -0.126. The second-order valence-corrected chi connectivity index (χ2v) is 14.1. The summed E-state index contributed by atoms with van der Waals surface area (Å²) in [7, 11) is 0. The summed E-state index contributed by atoms with van der Waals surface area (Å²) in [4.78, 5) is 49.9. The van der Waals surface area contributed by atoms with Crippen LogP contribution in [0.15, 0.2) is 36.5 Å². The van der Waals surface area contributed by atoms with Crippen molar-refractivity contribution in [1.29, 1.82) is 0 Å². The van der Waals surface area contributed by atoms with Gasteiger partial charge in [-0.05, 0) is 103 Å². The Labute approximate surface area is 260 Å². The van der Waals surface area contributed by atoms with Gasteiger partial charge in [0.15, 0.2) is 0 Å². The third kappa shape index (κ3) is 7.63. The van der Waals surface area contributed by atoms with Crippen LogP contribution in [0.1, 0.15) is 104 Å². The maximum absolute atomic E-state index is 13.1. The Hall–Kier alpha value is -3.82. The van der Waals surface area contributed by atoms with Gasteiger partial charge in [-0.15, -0.1) is 0 Å². The number of allylic oxidation sites excluding steroid dienone is 1.